The molecular weight excluding hydrogens is 462 g/mol. The number of carbonyl (C=O) groups excluding carboxylic acids is 1. The molecule has 1 amide bonds. The van der Waals surface area contributed by atoms with Crippen molar-refractivity contribution in [3.63, 3.8) is 0 Å². The van der Waals surface area contributed by atoms with Gasteiger partial charge in [0.05, 0.1) is 5.41 Å². The molecule has 0 saturated carbocycles. The number of benzene rings is 5. The number of anilines is 1. The maximum atomic E-state index is 13.0. The highest BCUT2D eigenvalue weighted by Crippen LogP contribution is 2.45. The van der Waals surface area contributed by atoms with Crippen LogP contribution in [0, 0.1) is 0 Å². The van der Waals surface area contributed by atoms with Crippen molar-refractivity contribution in [3.05, 3.63) is 173 Å². The van der Waals surface area contributed by atoms with E-state index in [9.17, 15) is 4.79 Å². The first-order valence-corrected chi connectivity index (χ1v) is 13.1. The molecule has 5 rings (SSSR count). The molecular formula is C36H33NO. The lowest BCUT2D eigenvalue weighted by Crippen LogP contribution is -2.31. The van der Waals surface area contributed by atoms with Crippen LogP contribution < -0.4 is 5.32 Å². The van der Waals surface area contributed by atoms with Gasteiger partial charge in [0.1, 0.15) is 0 Å². The van der Waals surface area contributed by atoms with Crippen LogP contribution in [-0.4, -0.2) is 5.91 Å². The van der Waals surface area contributed by atoms with Gasteiger partial charge in [0.25, 0.3) is 5.91 Å². The fourth-order valence-corrected chi connectivity index (χ4v) is 5.19. The van der Waals surface area contributed by atoms with Gasteiger partial charge in [0.2, 0.25) is 0 Å². The van der Waals surface area contributed by atoms with Crippen LogP contribution in [0.4, 0.5) is 5.69 Å². The van der Waals surface area contributed by atoms with Crippen molar-refractivity contribution in [2.24, 2.45) is 0 Å². The van der Waals surface area contributed by atoms with Gasteiger partial charge in [-0.1, -0.05) is 136 Å². The van der Waals surface area contributed by atoms with Crippen molar-refractivity contribution in [1.29, 1.82) is 0 Å². The zero-order valence-electron chi connectivity index (χ0n) is 22.2. The maximum Gasteiger partial charge on any atom is 0.255 e. The monoisotopic (exact) mass is 495 g/mol. The molecule has 0 bridgehead atoms. The van der Waals surface area contributed by atoms with E-state index in [1.165, 1.54) is 22.3 Å². The summed E-state index contributed by atoms with van der Waals surface area (Å²) in [6, 6.07) is 48.0. The third-order valence-electron chi connectivity index (χ3n) is 7.21. The lowest BCUT2D eigenvalue weighted by atomic mass is 9.65. The zero-order chi connectivity index (χ0) is 26.6. The third kappa shape index (κ3) is 4.90. The van der Waals surface area contributed by atoms with Crippen LogP contribution in [0.3, 0.4) is 0 Å². The van der Waals surface area contributed by atoms with Crippen LogP contribution in [0.1, 0.15) is 58.9 Å². The van der Waals surface area contributed by atoms with E-state index in [0.29, 0.717) is 5.56 Å². The quantitative estimate of drug-likeness (QED) is 0.235. The minimum absolute atomic E-state index is 0.0492. The summed E-state index contributed by atoms with van der Waals surface area (Å²) < 4.78 is 0. The predicted molar refractivity (Wildman–Crippen MR) is 158 cm³/mol. The van der Waals surface area contributed by atoms with Crippen LogP contribution in [0.2, 0.25) is 0 Å². The standard InChI is InChI=1S/C36H33NO/c1-35(2,3)28-21-19-27(20-22-28)34(38)37-33-25-23-32(24-26-33)36(29-13-7-4-8-14-29,30-15-9-5-10-16-30)31-17-11-6-12-18-31/h4-26H,1-3H3,(H,37,38). The van der Waals surface area contributed by atoms with Crippen molar-refractivity contribution < 1.29 is 4.79 Å². The highest BCUT2D eigenvalue weighted by Gasteiger charge is 2.38. The van der Waals surface area contributed by atoms with Gasteiger partial charge in [-0.3, -0.25) is 4.79 Å². The van der Waals surface area contributed by atoms with Crippen LogP contribution in [-0.2, 0) is 10.8 Å². The average Bonchev–Trinajstić information content (AvgIpc) is 2.96. The molecule has 0 aromatic heterocycles. The number of rotatable bonds is 6. The summed E-state index contributed by atoms with van der Waals surface area (Å²) in [5.74, 6) is -0.112. The molecule has 0 aliphatic heterocycles. The molecule has 0 heterocycles. The largest absolute Gasteiger partial charge is 0.322 e. The molecule has 0 atom stereocenters. The molecule has 2 nitrogen and oxygen atoms in total. The summed E-state index contributed by atoms with van der Waals surface area (Å²) in [6.07, 6.45) is 0. The highest BCUT2D eigenvalue weighted by atomic mass is 16.1. The van der Waals surface area contributed by atoms with Gasteiger partial charge in [-0.25, -0.2) is 0 Å². The van der Waals surface area contributed by atoms with Crippen LogP contribution in [0.5, 0.6) is 0 Å². The molecule has 2 heteroatoms. The van der Waals surface area contributed by atoms with Crippen molar-refractivity contribution >= 4 is 11.6 Å². The number of hydrogen-bond donors (Lipinski definition) is 1. The second-order valence-electron chi connectivity index (χ2n) is 10.7. The van der Waals surface area contributed by atoms with Gasteiger partial charge >= 0.3 is 0 Å². The Morgan fingerprint density at radius 2 is 0.842 bits per heavy atom. The normalized spacial score (nSPS) is 11.7. The Bertz CT molecular complexity index is 1390. The minimum Gasteiger partial charge on any atom is -0.322 e. The Kier molecular flexibility index (Phi) is 6.98. The lowest BCUT2D eigenvalue weighted by Gasteiger charge is -2.37. The summed E-state index contributed by atoms with van der Waals surface area (Å²) >= 11 is 0. The van der Waals surface area contributed by atoms with Crippen molar-refractivity contribution in [2.75, 3.05) is 5.32 Å². The molecule has 1 N–H and O–H groups in total. The fraction of sp³-hybridized carbons (Fsp3) is 0.139. The topological polar surface area (TPSA) is 29.1 Å². The molecule has 0 radical (unpaired) electrons. The Labute approximate surface area is 226 Å². The Morgan fingerprint density at radius 3 is 1.24 bits per heavy atom. The molecule has 5 aromatic carbocycles. The van der Waals surface area contributed by atoms with Crippen molar-refractivity contribution in [3.8, 4) is 0 Å². The van der Waals surface area contributed by atoms with Gasteiger partial charge in [0, 0.05) is 11.3 Å². The first-order chi connectivity index (χ1) is 18.4. The summed E-state index contributed by atoms with van der Waals surface area (Å²) in [6.45, 7) is 6.51. The first kappa shape index (κ1) is 25.2. The second kappa shape index (κ2) is 10.5. The predicted octanol–water partition coefficient (Wildman–Crippen LogP) is 8.62. The second-order valence-corrected chi connectivity index (χ2v) is 10.7. The lowest BCUT2D eigenvalue weighted by molar-refractivity contribution is 0.102. The van der Waals surface area contributed by atoms with E-state index in [4.69, 9.17) is 0 Å². The van der Waals surface area contributed by atoms with Gasteiger partial charge < -0.3 is 5.32 Å². The number of hydrogen-bond acceptors (Lipinski definition) is 1. The number of carbonyl (C=O) groups is 1. The fourth-order valence-electron chi connectivity index (χ4n) is 5.19. The highest BCUT2D eigenvalue weighted by molar-refractivity contribution is 6.04. The summed E-state index contributed by atoms with van der Waals surface area (Å²) in [5, 5.41) is 3.08. The molecule has 0 fully saturated rings. The summed E-state index contributed by atoms with van der Waals surface area (Å²) in [7, 11) is 0. The summed E-state index contributed by atoms with van der Waals surface area (Å²) in [4.78, 5) is 13.0. The molecule has 0 aliphatic carbocycles. The SMILES string of the molecule is CC(C)(C)c1ccc(C(=O)Nc2ccc(C(c3ccccc3)(c3ccccc3)c3ccccc3)cc2)cc1. The van der Waals surface area contributed by atoms with Crippen molar-refractivity contribution in [2.45, 2.75) is 31.6 Å². The minimum atomic E-state index is -0.505. The van der Waals surface area contributed by atoms with Gasteiger partial charge in [0.15, 0.2) is 0 Å². The molecule has 0 spiro atoms. The van der Waals surface area contributed by atoms with E-state index in [2.05, 4.69) is 129 Å². The van der Waals surface area contributed by atoms with Gasteiger partial charge in [-0.05, 0) is 57.5 Å². The smallest absolute Gasteiger partial charge is 0.255 e. The molecule has 5 aromatic rings. The zero-order valence-corrected chi connectivity index (χ0v) is 22.2. The number of nitrogens with one attached hydrogen (secondary N) is 1. The Hall–Kier alpha value is -4.43. The maximum absolute atomic E-state index is 13.0. The molecule has 0 saturated heterocycles. The molecule has 0 unspecified atom stereocenters. The van der Waals surface area contributed by atoms with Crippen LogP contribution >= 0.6 is 0 Å². The van der Waals surface area contributed by atoms with Crippen LogP contribution in [0.25, 0.3) is 0 Å². The van der Waals surface area contributed by atoms with E-state index < -0.39 is 5.41 Å². The van der Waals surface area contributed by atoms with E-state index in [0.717, 1.165) is 11.3 Å². The first-order valence-electron chi connectivity index (χ1n) is 13.1. The van der Waals surface area contributed by atoms with Crippen LogP contribution in [0.15, 0.2) is 140 Å². The van der Waals surface area contributed by atoms with Crippen molar-refractivity contribution in [1.82, 2.24) is 0 Å². The van der Waals surface area contributed by atoms with E-state index in [1.807, 2.05) is 36.4 Å². The average molecular weight is 496 g/mol. The Morgan fingerprint density at radius 1 is 0.474 bits per heavy atom. The number of amides is 1. The van der Waals surface area contributed by atoms with E-state index in [1.54, 1.807) is 0 Å². The molecule has 188 valence electrons. The van der Waals surface area contributed by atoms with E-state index >= 15 is 0 Å². The molecule has 0 aliphatic rings. The van der Waals surface area contributed by atoms with Gasteiger partial charge in [-0.2, -0.15) is 0 Å². The van der Waals surface area contributed by atoms with E-state index in [-0.39, 0.29) is 11.3 Å². The molecule has 38 heavy (non-hydrogen) atoms. The third-order valence-corrected chi connectivity index (χ3v) is 7.21. The summed E-state index contributed by atoms with van der Waals surface area (Å²) in [5.41, 5.74) is 6.86. The van der Waals surface area contributed by atoms with Gasteiger partial charge in [-0.15, -0.1) is 0 Å². The Balaban J connectivity index is 1.54.